The molecule has 0 aliphatic carbocycles. The number of benzene rings is 1. The Morgan fingerprint density at radius 2 is 2.25 bits per heavy atom. The Kier molecular flexibility index (Phi) is 3.34. The van der Waals surface area contributed by atoms with E-state index < -0.39 is 0 Å². The van der Waals surface area contributed by atoms with E-state index >= 15 is 0 Å². The van der Waals surface area contributed by atoms with Crippen LogP contribution >= 0.6 is 0 Å². The summed E-state index contributed by atoms with van der Waals surface area (Å²) >= 11 is 0. The van der Waals surface area contributed by atoms with Crippen LogP contribution in [-0.2, 0) is 6.42 Å². The number of fused-ring (bicyclic) bond motifs is 1. The summed E-state index contributed by atoms with van der Waals surface area (Å²) in [7, 11) is 1.71. The molecule has 1 aliphatic heterocycles. The van der Waals surface area contributed by atoms with Gasteiger partial charge in [-0.3, -0.25) is 0 Å². The zero-order chi connectivity index (χ0) is 11.5. The molecule has 0 spiro atoms. The highest BCUT2D eigenvalue weighted by Gasteiger charge is 2.18. The van der Waals surface area contributed by atoms with Gasteiger partial charge in [0.2, 0.25) is 0 Å². The topological polar surface area (TPSA) is 33.3 Å². The monoisotopic (exact) mass is 220 g/mol. The molecule has 0 saturated carbocycles. The molecule has 1 unspecified atom stereocenters. The minimum atomic E-state index is 0.514. The first-order chi connectivity index (χ1) is 7.69. The highest BCUT2D eigenvalue weighted by Crippen LogP contribution is 2.26. The predicted octanol–water partition coefficient (Wildman–Crippen LogP) is 2.03. The van der Waals surface area contributed by atoms with Crippen LogP contribution in [0.25, 0.3) is 0 Å². The number of anilines is 1. The number of rotatable bonds is 3. The first kappa shape index (κ1) is 11.3. The van der Waals surface area contributed by atoms with Crippen molar-refractivity contribution < 1.29 is 4.74 Å². The number of hydrogen-bond donors (Lipinski definition) is 2. The van der Waals surface area contributed by atoms with Crippen LogP contribution < -0.4 is 15.4 Å². The Labute approximate surface area is 97.2 Å². The molecule has 1 aromatic rings. The molecular weight excluding hydrogens is 200 g/mol. The Morgan fingerprint density at radius 3 is 2.94 bits per heavy atom. The zero-order valence-corrected chi connectivity index (χ0v) is 10.2. The summed E-state index contributed by atoms with van der Waals surface area (Å²) in [5.41, 5.74) is 2.58. The van der Waals surface area contributed by atoms with Crippen LogP contribution in [0.5, 0.6) is 5.75 Å². The summed E-state index contributed by atoms with van der Waals surface area (Å²) < 4.78 is 5.25. The van der Waals surface area contributed by atoms with Gasteiger partial charge in [0.15, 0.2) is 0 Å². The zero-order valence-electron chi connectivity index (χ0n) is 10.2. The van der Waals surface area contributed by atoms with Crippen LogP contribution in [0.15, 0.2) is 18.2 Å². The highest BCUT2D eigenvalue weighted by atomic mass is 16.5. The Balaban J connectivity index is 2.12. The summed E-state index contributed by atoms with van der Waals surface area (Å²) in [5.74, 6) is 0.936. The van der Waals surface area contributed by atoms with Gasteiger partial charge in [0.25, 0.3) is 0 Å². The average molecular weight is 220 g/mol. The smallest absolute Gasteiger partial charge is 0.119 e. The molecule has 3 nitrogen and oxygen atoms in total. The molecule has 1 aliphatic rings. The summed E-state index contributed by atoms with van der Waals surface area (Å²) in [5, 5.41) is 7.01. The molecule has 0 fully saturated rings. The van der Waals surface area contributed by atoms with Crippen molar-refractivity contribution in [2.45, 2.75) is 32.4 Å². The van der Waals surface area contributed by atoms with Crippen molar-refractivity contribution in [3.63, 3.8) is 0 Å². The van der Waals surface area contributed by atoms with Crippen LogP contribution in [0, 0.1) is 0 Å². The van der Waals surface area contributed by atoms with Crippen LogP contribution in [0.1, 0.15) is 19.4 Å². The van der Waals surface area contributed by atoms with Gasteiger partial charge in [0.05, 0.1) is 7.11 Å². The SMILES string of the molecule is COc1ccc2c(c1)CC(NC(C)C)CN2. The fraction of sp³-hybridized carbons (Fsp3) is 0.538. The van der Waals surface area contributed by atoms with Crippen molar-refractivity contribution >= 4 is 5.69 Å². The summed E-state index contributed by atoms with van der Waals surface area (Å²) in [6.45, 7) is 5.36. The third-order valence-electron chi connectivity index (χ3n) is 2.89. The second kappa shape index (κ2) is 4.74. The number of ether oxygens (including phenoxy) is 1. The first-order valence-corrected chi connectivity index (χ1v) is 5.86. The molecule has 2 rings (SSSR count). The molecule has 88 valence electrons. The van der Waals surface area contributed by atoms with Crippen LogP contribution in [0.2, 0.25) is 0 Å². The van der Waals surface area contributed by atoms with Gasteiger partial charge in [0.1, 0.15) is 5.75 Å². The molecule has 0 bridgehead atoms. The van der Waals surface area contributed by atoms with E-state index in [1.54, 1.807) is 7.11 Å². The molecular formula is C13H20N2O. The molecule has 0 radical (unpaired) electrons. The van der Waals surface area contributed by atoms with Crippen LogP contribution in [0.4, 0.5) is 5.69 Å². The first-order valence-electron chi connectivity index (χ1n) is 5.86. The standard InChI is InChI=1S/C13H20N2O/c1-9(2)15-11-6-10-7-12(16-3)4-5-13(10)14-8-11/h4-5,7,9,11,14-15H,6,8H2,1-3H3. The molecule has 16 heavy (non-hydrogen) atoms. The van der Waals surface area contributed by atoms with Gasteiger partial charge in [0, 0.05) is 24.3 Å². The Bertz CT molecular complexity index is 363. The average Bonchev–Trinajstić information content (AvgIpc) is 2.27. The Morgan fingerprint density at radius 1 is 1.44 bits per heavy atom. The fourth-order valence-corrected chi connectivity index (χ4v) is 2.20. The Hall–Kier alpha value is -1.22. The quantitative estimate of drug-likeness (QED) is 0.817. The lowest BCUT2D eigenvalue weighted by Gasteiger charge is -2.28. The van der Waals surface area contributed by atoms with Crippen molar-refractivity contribution in [1.82, 2.24) is 5.32 Å². The predicted molar refractivity (Wildman–Crippen MR) is 67.2 cm³/mol. The normalized spacial score (nSPS) is 19.1. The lowest BCUT2D eigenvalue weighted by Crippen LogP contribution is -2.43. The lowest BCUT2D eigenvalue weighted by molar-refractivity contribution is 0.413. The van der Waals surface area contributed by atoms with Gasteiger partial charge in [-0.25, -0.2) is 0 Å². The van der Waals surface area contributed by atoms with Crippen LogP contribution in [-0.4, -0.2) is 25.7 Å². The molecule has 0 aromatic heterocycles. The minimum Gasteiger partial charge on any atom is -0.497 e. The second-order valence-electron chi connectivity index (χ2n) is 4.63. The number of hydrogen-bond acceptors (Lipinski definition) is 3. The molecule has 1 aromatic carbocycles. The van der Waals surface area contributed by atoms with Crippen molar-refractivity contribution in [1.29, 1.82) is 0 Å². The summed E-state index contributed by atoms with van der Waals surface area (Å²) in [6.07, 6.45) is 1.07. The van der Waals surface area contributed by atoms with E-state index in [1.165, 1.54) is 11.3 Å². The van der Waals surface area contributed by atoms with E-state index in [1.807, 2.05) is 6.07 Å². The molecule has 0 amide bonds. The molecule has 2 N–H and O–H groups in total. The largest absolute Gasteiger partial charge is 0.497 e. The minimum absolute atomic E-state index is 0.514. The van der Waals surface area contributed by atoms with Gasteiger partial charge >= 0.3 is 0 Å². The molecule has 3 heteroatoms. The van der Waals surface area contributed by atoms with Crippen molar-refractivity contribution in [3.8, 4) is 5.75 Å². The maximum absolute atomic E-state index is 5.25. The lowest BCUT2D eigenvalue weighted by atomic mass is 9.99. The van der Waals surface area contributed by atoms with Crippen LogP contribution in [0.3, 0.4) is 0 Å². The van der Waals surface area contributed by atoms with Crippen molar-refractivity contribution in [2.24, 2.45) is 0 Å². The van der Waals surface area contributed by atoms with E-state index in [0.717, 1.165) is 18.7 Å². The maximum Gasteiger partial charge on any atom is 0.119 e. The second-order valence-corrected chi connectivity index (χ2v) is 4.63. The van der Waals surface area contributed by atoms with Gasteiger partial charge in [-0.2, -0.15) is 0 Å². The molecule has 0 saturated heterocycles. The number of methoxy groups -OCH3 is 1. The van der Waals surface area contributed by atoms with Crippen molar-refractivity contribution in [2.75, 3.05) is 19.0 Å². The van der Waals surface area contributed by atoms with E-state index in [4.69, 9.17) is 4.74 Å². The van der Waals surface area contributed by atoms with Gasteiger partial charge in [-0.05, 0) is 30.2 Å². The third kappa shape index (κ3) is 2.47. The van der Waals surface area contributed by atoms with E-state index in [0.29, 0.717) is 12.1 Å². The third-order valence-corrected chi connectivity index (χ3v) is 2.89. The van der Waals surface area contributed by atoms with E-state index in [-0.39, 0.29) is 0 Å². The van der Waals surface area contributed by atoms with E-state index in [9.17, 15) is 0 Å². The fourth-order valence-electron chi connectivity index (χ4n) is 2.20. The molecule has 1 heterocycles. The summed E-state index contributed by atoms with van der Waals surface area (Å²) in [4.78, 5) is 0. The van der Waals surface area contributed by atoms with Gasteiger partial charge in [-0.15, -0.1) is 0 Å². The van der Waals surface area contributed by atoms with Gasteiger partial charge < -0.3 is 15.4 Å². The summed E-state index contributed by atoms with van der Waals surface area (Å²) in [6, 6.07) is 7.26. The molecule has 1 atom stereocenters. The maximum atomic E-state index is 5.25. The number of nitrogens with one attached hydrogen (secondary N) is 2. The van der Waals surface area contributed by atoms with Crippen molar-refractivity contribution in [3.05, 3.63) is 23.8 Å². The van der Waals surface area contributed by atoms with E-state index in [2.05, 4.69) is 36.6 Å². The highest BCUT2D eigenvalue weighted by molar-refractivity contribution is 5.56. The van der Waals surface area contributed by atoms with Gasteiger partial charge in [-0.1, -0.05) is 13.8 Å².